The van der Waals surface area contributed by atoms with E-state index in [1.54, 1.807) is 0 Å². The van der Waals surface area contributed by atoms with Crippen molar-refractivity contribution in [3.8, 4) is 0 Å². The van der Waals surface area contributed by atoms with Gasteiger partial charge in [-0.25, -0.2) is 0 Å². The van der Waals surface area contributed by atoms with E-state index in [0.29, 0.717) is 12.5 Å². The third-order valence-corrected chi connectivity index (χ3v) is 4.10. The molecule has 1 aliphatic rings. The van der Waals surface area contributed by atoms with Gasteiger partial charge in [-0.2, -0.15) is 5.10 Å². The van der Waals surface area contributed by atoms with Crippen LogP contribution in [0.5, 0.6) is 0 Å². The largest absolute Gasteiger partial charge is 0.396 e. The minimum Gasteiger partial charge on any atom is -0.396 e. The molecule has 1 aromatic heterocycles. The van der Waals surface area contributed by atoms with E-state index >= 15 is 0 Å². The lowest BCUT2D eigenvalue weighted by molar-refractivity contribution is 0.139. The Morgan fingerprint density at radius 3 is 2.95 bits per heavy atom. The molecule has 0 aromatic carbocycles. The average Bonchev–Trinajstić information content (AvgIpc) is 2.82. The Morgan fingerprint density at radius 1 is 1.42 bits per heavy atom. The van der Waals surface area contributed by atoms with Crippen molar-refractivity contribution in [1.29, 1.82) is 0 Å². The number of aliphatic hydroxyl groups is 1. The average molecular weight is 265 g/mol. The fourth-order valence-corrected chi connectivity index (χ4v) is 3.03. The first kappa shape index (κ1) is 14.5. The highest BCUT2D eigenvalue weighted by Gasteiger charge is 2.20. The lowest BCUT2D eigenvalue weighted by atomic mass is 9.95. The molecular formula is C15H27N3O. The van der Waals surface area contributed by atoms with Crippen LogP contribution in [0.25, 0.3) is 0 Å². The summed E-state index contributed by atoms with van der Waals surface area (Å²) in [5.41, 5.74) is 2.53. The van der Waals surface area contributed by atoms with E-state index in [-0.39, 0.29) is 0 Å². The first-order chi connectivity index (χ1) is 9.26. The molecule has 0 radical (unpaired) electrons. The summed E-state index contributed by atoms with van der Waals surface area (Å²) in [5, 5.41) is 13.7. The summed E-state index contributed by atoms with van der Waals surface area (Å²) in [6, 6.07) is 2.25. The first-order valence-electron chi connectivity index (χ1n) is 7.65. The van der Waals surface area contributed by atoms with Gasteiger partial charge < -0.3 is 5.11 Å². The molecule has 19 heavy (non-hydrogen) atoms. The van der Waals surface area contributed by atoms with Gasteiger partial charge in [-0.3, -0.25) is 9.58 Å². The minimum atomic E-state index is 0.325. The van der Waals surface area contributed by atoms with Crippen LogP contribution in [-0.4, -0.2) is 39.5 Å². The summed E-state index contributed by atoms with van der Waals surface area (Å²) in [6.45, 7) is 8.89. The summed E-state index contributed by atoms with van der Waals surface area (Å²) >= 11 is 0. The lowest BCUT2D eigenvalue weighted by Gasteiger charge is -2.32. The molecule has 1 aromatic rings. The van der Waals surface area contributed by atoms with Crippen LogP contribution in [0.15, 0.2) is 6.07 Å². The van der Waals surface area contributed by atoms with E-state index in [2.05, 4.69) is 34.6 Å². The van der Waals surface area contributed by atoms with Gasteiger partial charge in [-0.05, 0) is 51.1 Å². The van der Waals surface area contributed by atoms with Gasteiger partial charge in [0.15, 0.2) is 0 Å². The van der Waals surface area contributed by atoms with Gasteiger partial charge in [0.2, 0.25) is 0 Å². The quantitative estimate of drug-likeness (QED) is 0.856. The van der Waals surface area contributed by atoms with Gasteiger partial charge in [0.05, 0.1) is 11.4 Å². The fraction of sp³-hybridized carbons (Fsp3) is 0.800. The minimum absolute atomic E-state index is 0.325. The number of aliphatic hydroxyl groups excluding tert-OH is 1. The molecule has 108 valence electrons. The topological polar surface area (TPSA) is 41.3 Å². The Morgan fingerprint density at radius 2 is 2.26 bits per heavy atom. The Bertz CT molecular complexity index is 387. The molecule has 1 saturated heterocycles. The number of hydrogen-bond acceptors (Lipinski definition) is 3. The zero-order valence-electron chi connectivity index (χ0n) is 12.3. The molecule has 0 saturated carbocycles. The Kier molecular flexibility index (Phi) is 5.40. The van der Waals surface area contributed by atoms with Gasteiger partial charge in [-0.15, -0.1) is 0 Å². The summed E-state index contributed by atoms with van der Waals surface area (Å²) in [6.07, 6.45) is 4.48. The number of rotatable bonds is 6. The highest BCUT2D eigenvalue weighted by molar-refractivity contribution is 5.10. The predicted octanol–water partition coefficient (Wildman–Crippen LogP) is 2.06. The molecule has 0 spiro atoms. The Labute approximate surface area is 116 Å². The molecule has 1 fully saturated rings. The standard InChI is InChI=1S/C15H27N3O/c1-3-14-10-15(18(4-2)16-14)12-17-8-5-6-13(11-17)7-9-19/h10,13,19H,3-9,11-12H2,1-2H3. The smallest absolute Gasteiger partial charge is 0.0625 e. The van der Waals surface area contributed by atoms with E-state index < -0.39 is 0 Å². The van der Waals surface area contributed by atoms with Crippen LogP contribution in [0.2, 0.25) is 0 Å². The Hall–Kier alpha value is -0.870. The van der Waals surface area contributed by atoms with E-state index in [0.717, 1.165) is 32.5 Å². The third kappa shape index (κ3) is 3.80. The van der Waals surface area contributed by atoms with Crippen LogP contribution >= 0.6 is 0 Å². The summed E-state index contributed by atoms with van der Waals surface area (Å²) in [5.74, 6) is 0.669. The molecular weight excluding hydrogens is 238 g/mol. The highest BCUT2D eigenvalue weighted by atomic mass is 16.3. The van der Waals surface area contributed by atoms with E-state index in [9.17, 15) is 0 Å². The molecule has 4 nitrogen and oxygen atoms in total. The van der Waals surface area contributed by atoms with Crippen molar-refractivity contribution in [2.75, 3.05) is 19.7 Å². The molecule has 4 heteroatoms. The van der Waals surface area contributed by atoms with Crippen molar-refractivity contribution in [2.24, 2.45) is 5.92 Å². The molecule has 0 aliphatic carbocycles. The van der Waals surface area contributed by atoms with Crippen LogP contribution in [0, 0.1) is 5.92 Å². The highest BCUT2D eigenvalue weighted by Crippen LogP contribution is 2.21. The second-order valence-corrected chi connectivity index (χ2v) is 5.55. The normalized spacial score (nSPS) is 20.9. The monoisotopic (exact) mass is 265 g/mol. The molecule has 0 amide bonds. The van der Waals surface area contributed by atoms with Crippen molar-refractivity contribution in [1.82, 2.24) is 14.7 Å². The van der Waals surface area contributed by atoms with Gasteiger partial charge in [-0.1, -0.05) is 6.92 Å². The third-order valence-electron chi connectivity index (χ3n) is 4.10. The van der Waals surface area contributed by atoms with Crippen LogP contribution in [0.1, 0.15) is 44.5 Å². The zero-order valence-corrected chi connectivity index (χ0v) is 12.3. The first-order valence-corrected chi connectivity index (χ1v) is 7.65. The van der Waals surface area contributed by atoms with Crippen LogP contribution in [0.4, 0.5) is 0 Å². The van der Waals surface area contributed by atoms with Crippen LogP contribution in [0.3, 0.4) is 0 Å². The van der Waals surface area contributed by atoms with E-state index in [4.69, 9.17) is 5.11 Å². The van der Waals surface area contributed by atoms with Crippen LogP contribution in [-0.2, 0) is 19.5 Å². The maximum Gasteiger partial charge on any atom is 0.0625 e. The van der Waals surface area contributed by atoms with Gasteiger partial charge >= 0.3 is 0 Å². The lowest BCUT2D eigenvalue weighted by Crippen LogP contribution is -2.35. The summed E-state index contributed by atoms with van der Waals surface area (Å²) < 4.78 is 2.13. The summed E-state index contributed by atoms with van der Waals surface area (Å²) in [7, 11) is 0. The van der Waals surface area contributed by atoms with Crippen molar-refractivity contribution in [3.05, 3.63) is 17.5 Å². The van der Waals surface area contributed by atoms with Crippen molar-refractivity contribution in [2.45, 2.75) is 52.6 Å². The molecule has 1 unspecified atom stereocenters. The molecule has 2 rings (SSSR count). The fourth-order valence-electron chi connectivity index (χ4n) is 3.03. The van der Waals surface area contributed by atoms with Gasteiger partial charge in [0, 0.05) is 26.2 Å². The number of hydrogen-bond donors (Lipinski definition) is 1. The Balaban J connectivity index is 1.97. The van der Waals surface area contributed by atoms with Crippen molar-refractivity contribution >= 4 is 0 Å². The van der Waals surface area contributed by atoms with Crippen molar-refractivity contribution < 1.29 is 5.11 Å². The second-order valence-electron chi connectivity index (χ2n) is 5.55. The molecule has 2 heterocycles. The molecule has 0 bridgehead atoms. The molecule has 1 N–H and O–H groups in total. The van der Waals surface area contributed by atoms with Gasteiger partial charge in [0.25, 0.3) is 0 Å². The van der Waals surface area contributed by atoms with Crippen LogP contribution < -0.4 is 0 Å². The maximum atomic E-state index is 9.08. The predicted molar refractivity (Wildman–Crippen MR) is 77.0 cm³/mol. The van der Waals surface area contributed by atoms with E-state index in [1.807, 2.05) is 0 Å². The zero-order chi connectivity index (χ0) is 13.7. The molecule has 1 aliphatic heterocycles. The van der Waals surface area contributed by atoms with Crippen molar-refractivity contribution in [3.63, 3.8) is 0 Å². The second kappa shape index (κ2) is 7.06. The number of likely N-dealkylation sites (tertiary alicyclic amines) is 1. The molecule has 1 atom stereocenters. The van der Waals surface area contributed by atoms with Gasteiger partial charge in [0.1, 0.15) is 0 Å². The number of aromatic nitrogens is 2. The SMILES string of the molecule is CCc1cc(CN2CCCC(CCO)C2)n(CC)n1. The maximum absolute atomic E-state index is 9.08. The number of piperidine rings is 1. The number of nitrogens with zero attached hydrogens (tertiary/aromatic N) is 3. The van der Waals surface area contributed by atoms with E-state index in [1.165, 1.54) is 30.8 Å². The summed E-state index contributed by atoms with van der Waals surface area (Å²) in [4.78, 5) is 2.52. The number of aryl methyl sites for hydroxylation is 2.